The van der Waals surface area contributed by atoms with Crippen molar-refractivity contribution < 1.29 is 46.8 Å². The van der Waals surface area contributed by atoms with Crippen LogP contribution in [-0.2, 0) is 43.1 Å². The molecule has 7 fully saturated rings. The molecule has 7 aliphatic rings. The van der Waals surface area contributed by atoms with Crippen LogP contribution >= 0.6 is 0 Å². The number of allylic oxidation sites excluding steroid dienone is 1. The van der Waals surface area contributed by atoms with Gasteiger partial charge in [0.25, 0.3) is 0 Å². The average molecular weight is 933 g/mol. The molecule has 0 amide bonds. The second-order valence-electron chi connectivity index (χ2n) is 24.1. The van der Waals surface area contributed by atoms with Gasteiger partial charge in [-0.1, -0.05) is 60.6 Å². The summed E-state index contributed by atoms with van der Waals surface area (Å²) in [6.07, 6.45) is 11.3. The molecule has 0 spiro atoms. The van der Waals surface area contributed by atoms with E-state index in [4.69, 9.17) is 23.7 Å². The number of carbonyl (C=O) groups is 2. The van der Waals surface area contributed by atoms with Crippen molar-refractivity contribution in [3.05, 3.63) is 12.2 Å². The van der Waals surface area contributed by atoms with E-state index in [9.17, 15) is 23.1 Å². The van der Waals surface area contributed by atoms with Gasteiger partial charge < -0.3 is 34.1 Å². The van der Waals surface area contributed by atoms with Crippen molar-refractivity contribution >= 4 is 21.8 Å². The van der Waals surface area contributed by atoms with Gasteiger partial charge in [-0.2, -0.15) is 0 Å². The van der Waals surface area contributed by atoms with E-state index >= 15 is 0 Å². The predicted molar refractivity (Wildman–Crippen MR) is 253 cm³/mol. The molecule has 2 N–H and O–H groups in total. The number of sulfone groups is 1. The minimum atomic E-state index is -3.04. The molecule has 1 saturated heterocycles. The van der Waals surface area contributed by atoms with Crippen molar-refractivity contribution in [2.24, 2.45) is 68.5 Å². The van der Waals surface area contributed by atoms with E-state index in [-0.39, 0.29) is 68.8 Å². The molecular formula is C52H88N2O10S. The number of rotatable bonds is 19. The van der Waals surface area contributed by atoms with Crippen molar-refractivity contribution in [2.75, 3.05) is 77.9 Å². The highest BCUT2D eigenvalue weighted by atomic mass is 32.2. The highest BCUT2D eigenvalue weighted by Crippen LogP contribution is 2.76. The number of ether oxygens (including phenoxy) is 5. The number of carboxylic acids is 1. The van der Waals surface area contributed by atoms with Gasteiger partial charge in [0.1, 0.15) is 6.10 Å². The Morgan fingerprint density at radius 3 is 2.08 bits per heavy atom. The molecule has 1 heterocycles. The largest absolute Gasteiger partial charge is 0.481 e. The molecule has 0 aromatic rings. The fraction of sp³-hybridized carbons (Fsp3) is 0.923. The molecule has 6 saturated carbocycles. The van der Waals surface area contributed by atoms with Gasteiger partial charge in [0.2, 0.25) is 0 Å². The van der Waals surface area contributed by atoms with Gasteiger partial charge in [-0.05, 0) is 136 Å². The molecule has 65 heavy (non-hydrogen) atoms. The van der Waals surface area contributed by atoms with Crippen LogP contribution < -0.4 is 5.32 Å². The van der Waals surface area contributed by atoms with E-state index in [0.29, 0.717) is 88.7 Å². The summed E-state index contributed by atoms with van der Waals surface area (Å²) in [6.45, 7) is 30.3. The zero-order valence-electron chi connectivity index (χ0n) is 42.0. The molecule has 12 nitrogen and oxygen atoms in total. The first-order valence-electron chi connectivity index (χ1n) is 25.5. The summed E-state index contributed by atoms with van der Waals surface area (Å²) >= 11 is 0. The van der Waals surface area contributed by atoms with Crippen LogP contribution in [0.2, 0.25) is 0 Å². The van der Waals surface area contributed by atoms with Crippen LogP contribution in [0.1, 0.15) is 133 Å². The molecule has 0 aromatic heterocycles. The number of nitrogens with one attached hydrogen (secondary N) is 1. The number of methoxy groups -OCH3 is 1. The normalized spacial score (nSPS) is 41.4. The van der Waals surface area contributed by atoms with E-state index < -0.39 is 27.1 Å². The molecular weight excluding hydrogens is 845 g/mol. The fourth-order valence-corrected chi connectivity index (χ4v) is 17.7. The van der Waals surface area contributed by atoms with Crippen molar-refractivity contribution in [1.82, 2.24) is 10.2 Å². The number of esters is 1. The van der Waals surface area contributed by atoms with Gasteiger partial charge in [0.15, 0.2) is 9.84 Å². The summed E-state index contributed by atoms with van der Waals surface area (Å²) in [5.41, 5.74) is 0.951. The molecule has 13 heteroatoms. The second kappa shape index (κ2) is 19.3. The standard InChI is InChI=1S/C52H88N2O10S/c1-34(2)36-14-19-52(53-33-40(54-22-30-65(58,59)31-23-54)35(3)63-29-28-62-27-26-61-25-24-60-11)21-20-50(9)37(44(36)52)12-13-42-49(8)17-16-43(48(6,7)41(49)15-18-51(42,50)10)64-46(57)39-32-38(45(55)56)47(39,4)5/h35-44,53H,1,12-33H2,2-11H3,(H,55,56)/t35-,36+,37-,38+,39-,40?,41+,42-,43+,44-,49+,50-,51-,52+/m1/s1. The Morgan fingerprint density at radius 1 is 0.785 bits per heavy atom. The van der Waals surface area contributed by atoms with Crippen LogP contribution in [0, 0.1) is 68.5 Å². The van der Waals surface area contributed by atoms with Gasteiger partial charge in [0.05, 0.1) is 69.1 Å². The summed E-state index contributed by atoms with van der Waals surface area (Å²) in [4.78, 5) is 27.9. The summed E-state index contributed by atoms with van der Waals surface area (Å²) in [7, 11) is -1.38. The number of nitrogens with zero attached hydrogens (tertiary/aromatic N) is 1. The van der Waals surface area contributed by atoms with Gasteiger partial charge in [0, 0.05) is 43.7 Å². The first-order valence-corrected chi connectivity index (χ1v) is 27.4. The SMILES string of the molecule is C=C(C)[C@@H]1CC[C@]2(NCC([C@@H](C)OCCOCCOCCOC)N3CCS(=O)(=O)CC3)CC[C@]3(C)[C@H](CC[C@@H]4[C@@]5(C)CC[C@H](OC(=O)[C@H]6C[C@@H](C(=O)O)C6(C)C)C(C)(C)[C@@H]5CC[C@]43C)[C@@H]12. The second-order valence-corrected chi connectivity index (χ2v) is 26.4. The van der Waals surface area contributed by atoms with Crippen LogP contribution in [0.15, 0.2) is 12.2 Å². The topological polar surface area (TPSA) is 150 Å². The zero-order chi connectivity index (χ0) is 47.4. The Kier molecular flexibility index (Phi) is 15.2. The molecule has 14 atom stereocenters. The Bertz CT molecular complexity index is 1830. The van der Waals surface area contributed by atoms with E-state index in [0.717, 1.165) is 45.1 Å². The number of aliphatic carboxylic acids is 1. The van der Waals surface area contributed by atoms with Crippen LogP contribution in [-0.4, -0.2) is 132 Å². The van der Waals surface area contributed by atoms with Crippen molar-refractivity contribution in [2.45, 2.75) is 157 Å². The number of hydrogen-bond acceptors (Lipinski definition) is 11. The highest BCUT2D eigenvalue weighted by Gasteiger charge is 2.71. The molecule has 0 radical (unpaired) electrons. The van der Waals surface area contributed by atoms with Crippen molar-refractivity contribution in [3.63, 3.8) is 0 Å². The number of fused-ring (bicyclic) bond motifs is 7. The maximum atomic E-state index is 13.7. The predicted octanol–water partition coefficient (Wildman–Crippen LogP) is 7.83. The highest BCUT2D eigenvalue weighted by molar-refractivity contribution is 7.91. The Balaban J connectivity index is 1.05. The first kappa shape index (κ1) is 51.2. The minimum Gasteiger partial charge on any atom is -0.481 e. The van der Waals surface area contributed by atoms with E-state index in [1.54, 1.807) is 7.11 Å². The molecule has 0 aromatic carbocycles. The van der Waals surface area contributed by atoms with Gasteiger partial charge in [-0.25, -0.2) is 8.42 Å². The lowest BCUT2D eigenvalue weighted by Crippen LogP contribution is -2.69. The van der Waals surface area contributed by atoms with Gasteiger partial charge >= 0.3 is 11.9 Å². The third-order valence-electron chi connectivity index (χ3n) is 20.6. The van der Waals surface area contributed by atoms with Crippen LogP contribution in [0.3, 0.4) is 0 Å². The smallest absolute Gasteiger partial charge is 0.309 e. The molecule has 1 aliphatic heterocycles. The Hall–Kier alpha value is -1.61. The lowest BCUT2D eigenvalue weighted by atomic mass is 9.32. The number of carboxylic acid groups (broad SMARTS) is 1. The van der Waals surface area contributed by atoms with E-state index in [1.165, 1.54) is 31.3 Å². The van der Waals surface area contributed by atoms with E-state index in [1.807, 2.05) is 13.8 Å². The Morgan fingerprint density at radius 2 is 1.45 bits per heavy atom. The molecule has 1 unspecified atom stereocenters. The lowest BCUT2D eigenvalue weighted by Gasteiger charge is -2.73. The lowest BCUT2D eigenvalue weighted by molar-refractivity contribution is -0.248. The third kappa shape index (κ3) is 9.30. The fourth-order valence-electron chi connectivity index (χ4n) is 16.4. The summed E-state index contributed by atoms with van der Waals surface area (Å²) in [5, 5.41) is 14.0. The van der Waals surface area contributed by atoms with Crippen LogP contribution in [0.25, 0.3) is 0 Å². The summed E-state index contributed by atoms with van der Waals surface area (Å²) in [6, 6.07) is 0.0261. The Labute approximate surface area is 392 Å². The van der Waals surface area contributed by atoms with Gasteiger partial charge in [-0.15, -0.1) is 0 Å². The number of carbonyl (C=O) groups excluding carboxylic acids is 1. The third-order valence-corrected chi connectivity index (χ3v) is 22.2. The molecule has 6 aliphatic carbocycles. The quantitative estimate of drug-likeness (QED) is 0.0739. The van der Waals surface area contributed by atoms with Crippen LogP contribution in [0.5, 0.6) is 0 Å². The van der Waals surface area contributed by atoms with Crippen LogP contribution in [0.4, 0.5) is 0 Å². The average Bonchev–Trinajstić information content (AvgIpc) is 3.61. The van der Waals surface area contributed by atoms with Crippen molar-refractivity contribution in [3.8, 4) is 0 Å². The van der Waals surface area contributed by atoms with Crippen molar-refractivity contribution in [1.29, 1.82) is 0 Å². The van der Waals surface area contributed by atoms with E-state index in [2.05, 4.69) is 65.3 Å². The summed E-state index contributed by atoms with van der Waals surface area (Å²) < 4.78 is 54.6. The maximum Gasteiger partial charge on any atom is 0.309 e. The molecule has 7 rings (SSSR count). The first-order chi connectivity index (χ1) is 30.5. The van der Waals surface area contributed by atoms with Gasteiger partial charge in [-0.3, -0.25) is 14.5 Å². The molecule has 372 valence electrons. The monoisotopic (exact) mass is 933 g/mol. The number of hydrogen-bond donors (Lipinski definition) is 2. The molecule has 0 bridgehead atoms. The zero-order valence-corrected chi connectivity index (χ0v) is 42.8. The summed E-state index contributed by atoms with van der Waals surface area (Å²) in [5.74, 6) is 0.956. The minimum absolute atomic E-state index is 0.0206. The maximum absolute atomic E-state index is 13.7.